The normalized spacial score (nSPS) is 21.7. The molecular weight excluding hydrogens is 318 g/mol. The minimum absolute atomic E-state index is 0.00428. The molecule has 2 amide bonds. The summed E-state index contributed by atoms with van der Waals surface area (Å²) >= 11 is 0. The van der Waals surface area contributed by atoms with Crippen LogP contribution in [0.25, 0.3) is 0 Å². The van der Waals surface area contributed by atoms with Crippen molar-refractivity contribution in [2.75, 3.05) is 43.3 Å². The van der Waals surface area contributed by atoms with Gasteiger partial charge in [0.25, 0.3) is 5.91 Å². The fourth-order valence-electron chi connectivity index (χ4n) is 2.80. The number of likely N-dealkylation sites (N-methyl/N-ethyl adjacent to an activating group) is 1. The summed E-state index contributed by atoms with van der Waals surface area (Å²) in [5, 5.41) is 0. The van der Waals surface area contributed by atoms with Crippen molar-refractivity contribution in [3.63, 3.8) is 0 Å². The number of amides is 2. The summed E-state index contributed by atoms with van der Waals surface area (Å²) in [7, 11) is -1.55. The number of carbonyl (C=O) groups is 2. The van der Waals surface area contributed by atoms with Crippen LogP contribution in [0.2, 0.25) is 0 Å². The van der Waals surface area contributed by atoms with E-state index in [1.165, 1.54) is 12.1 Å². The Morgan fingerprint density at radius 3 is 2.17 bits per heavy atom. The van der Waals surface area contributed by atoms with Crippen LogP contribution >= 0.6 is 0 Å². The maximum Gasteiger partial charge on any atom is 0.253 e. The van der Waals surface area contributed by atoms with Crippen LogP contribution in [0.15, 0.2) is 24.3 Å². The highest BCUT2D eigenvalue weighted by Crippen LogP contribution is 2.25. The molecule has 0 bridgehead atoms. The molecule has 0 saturated carbocycles. The highest BCUT2D eigenvalue weighted by molar-refractivity contribution is 7.94. The second-order valence-electron chi connectivity index (χ2n) is 5.87. The summed E-state index contributed by atoms with van der Waals surface area (Å²) in [6, 6.07) is 6.20. The molecule has 2 aliphatic heterocycles. The second-order valence-corrected chi connectivity index (χ2v) is 7.80. The summed E-state index contributed by atoms with van der Waals surface area (Å²) in [6.07, 6.45) is 0.00428. The van der Waals surface area contributed by atoms with Crippen molar-refractivity contribution in [2.24, 2.45) is 0 Å². The highest BCUT2D eigenvalue weighted by Gasteiger charge is 2.36. The zero-order valence-corrected chi connectivity index (χ0v) is 13.8. The third kappa shape index (κ3) is 3.09. The lowest BCUT2D eigenvalue weighted by molar-refractivity contribution is -0.116. The van der Waals surface area contributed by atoms with E-state index in [-0.39, 0.29) is 18.1 Å². The SMILES string of the molecule is CN1CCN(C(=O)c2ccc(N3C(=O)CCS3(=O)=O)cc2)CC1. The average molecular weight is 337 g/mol. The van der Waals surface area contributed by atoms with E-state index >= 15 is 0 Å². The lowest BCUT2D eigenvalue weighted by Gasteiger charge is -2.32. The maximum atomic E-state index is 12.4. The largest absolute Gasteiger partial charge is 0.336 e. The lowest BCUT2D eigenvalue weighted by Crippen LogP contribution is -2.47. The number of benzene rings is 1. The van der Waals surface area contributed by atoms with E-state index in [2.05, 4.69) is 4.90 Å². The van der Waals surface area contributed by atoms with Gasteiger partial charge in [0.15, 0.2) is 0 Å². The van der Waals surface area contributed by atoms with Gasteiger partial charge in [0, 0.05) is 38.2 Å². The Bertz CT molecular complexity index is 722. The van der Waals surface area contributed by atoms with Crippen molar-refractivity contribution in [1.29, 1.82) is 0 Å². The van der Waals surface area contributed by atoms with Gasteiger partial charge in [0.05, 0.1) is 11.4 Å². The Hall–Kier alpha value is -1.93. The van der Waals surface area contributed by atoms with E-state index in [0.29, 0.717) is 24.3 Å². The molecule has 2 heterocycles. The molecule has 0 aromatic heterocycles. The van der Waals surface area contributed by atoms with Crippen LogP contribution in [0.3, 0.4) is 0 Å². The zero-order chi connectivity index (χ0) is 16.6. The number of hydrogen-bond donors (Lipinski definition) is 0. The number of anilines is 1. The first-order valence-electron chi connectivity index (χ1n) is 7.52. The third-order valence-corrected chi connectivity index (χ3v) is 5.91. The van der Waals surface area contributed by atoms with Gasteiger partial charge in [-0.15, -0.1) is 0 Å². The van der Waals surface area contributed by atoms with E-state index in [1.54, 1.807) is 17.0 Å². The van der Waals surface area contributed by atoms with Crippen molar-refractivity contribution in [2.45, 2.75) is 6.42 Å². The maximum absolute atomic E-state index is 12.4. The van der Waals surface area contributed by atoms with Gasteiger partial charge >= 0.3 is 0 Å². The quantitative estimate of drug-likeness (QED) is 0.767. The van der Waals surface area contributed by atoms with Crippen molar-refractivity contribution in [1.82, 2.24) is 9.80 Å². The van der Waals surface area contributed by atoms with Gasteiger partial charge in [-0.25, -0.2) is 12.7 Å². The molecule has 2 fully saturated rings. The van der Waals surface area contributed by atoms with Crippen LogP contribution in [-0.2, 0) is 14.8 Å². The van der Waals surface area contributed by atoms with Crippen LogP contribution in [0.4, 0.5) is 5.69 Å². The highest BCUT2D eigenvalue weighted by atomic mass is 32.2. The molecule has 1 aromatic carbocycles. The Morgan fingerprint density at radius 2 is 1.65 bits per heavy atom. The van der Waals surface area contributed by atoms with Crippen LogP contribution < -0.4 is 4.31 Å². The monoisotopic (exact) mass is 337 g/mol. The van der Waals surface area contributed by atoms with Crippen molar-refractivity contribution < 1.29 is 18.0 Å². The van der Waals surface area contributed by atoms with Gasteiger partial charge in [-0.05, 0) is 31.3 Å². The van der Waals surface area contributed by atoms with Gasteiger partial charge in [-0.2, -0.15) is 0 Å². The summed E-state index contributed by atoms with van der Waals surface area (Å²) in [5.74, 6) is -0.656. The molecule has 0 radical (unpaired) electrons. The predicted octanol–water partition coefficient (Wildman–Crippen LogP) is 0.141. The van der Waals surface area contributed by atoms with Crippen molar-refractivity contribution >= 4 is 27.5 Å². The number of sulfonamides is 1. The minimum Gasteiger partial charge on any atom is -0.336 e. The standard InChI is InChI=1S/C15H19N3O4S/c1-16-7-9-17(10-8-16)15(20)12-2-4-13(5-3-12)18-14(19)6-11-23(18,21)22/h2-5H,6-11H2,1H3. The summed E-state index contributed by atoms with van der Waals surface area (Å²) in [6.45, 7) is 3.03. The lowest BCUT2D eigenvalue weighted by atomic mass is 10.1. The fraction of sp³-hybridized carbons (Fsp3) is 0.467. The number of hydrogen-bond acceptors (Lipinski definition) is 5. The van der Waals surface area contributed by atoms with Crippen LogP contribution in [0.5, 0.6) is 0 Å². The van der Waals surface area contributed by atoms with Gasteiger partial charge < -0.3 is 9.80 Å². The predicted molar refractivity (Wildman–Crippen MR) is 85.7 cm³/mol. The van der Waals surface area contributed by atoms with Gasteiger partial charge in [0.1, 0.15) is 0 Å². The van der Waals surface area contributed by atoms with E-state index in [9.17, 15) is 18.0 Å². The number of nitrogens with zero attached hydrogens (tertiary/aromatic N) is 3. The summed E-state index contributed by atoms with van der Waals surface area (Å²) in [4.78, 5) is 28.1. The van der Waals surface area contributed by atoms with E-state index in [4.69, 9.17) is 0 Å². The molecule has 23 heavy (non-hydrogen) atoms. The molecule has 124 valence electrons. The molecule has 0 unspecified atom stereocenters. The van der Waals surface area contributed by atoms with E-state index < -0.39 is 15.9 Å². The summed E-state index contributed by atoms with van der Waals surface area (Å²) < 4.78 is 24.6. The molecule has 0 spiro atoms. The van der Waals surface area contributed by atoms with Gasteiger partial charge in [-0.3, -0.25) is 9.59 Å². The fourth-order valence-corrected chi connectivity index (χ4v) is 4.26. The van der Waals surface area contributed by atoms with Crippen molar-refractivity contribution in [3.8, 4) is 0 Å². The first-order chi connectivity index (χ1) is 10.9. The molecule has 2 saturated heterocycles. The van der Waals surface area contributed by atoms with E-state index in [1.807, 2.05) is 7.05 Å². The first-order valence-corrected chi connectivity index (χ1v) is 9.13. The second kappa shape index (κ2) is 5.93. The number of rotatable bonds is 2. The topological polar surface area (TPSA) is 78.0 Å². The molecule has 0 N–H and O–H groups in total. The van der Waals surface area contributed by atoms with Crippen LogP contribution in [0, 0.1) is 0 Å². The van der Waals surface area contributed by atoms with E-state index in [0.717, 1.165) is 17.4 Å². The molecule has 2 aliphatic rings. The van der Waals surface area contributed by atoms with Gasteiger partial charge in [0.2, 0.25) is 15.9 Å². The number of piperazine rings is 1. The zero-order valence-electron chi connectivity index (χ0n) is 12.9. The number of carbonyl (C=O) groups excluding carboxylic acids is 2. The molecule has 1 aromatic rings. The molecule has 7 nitrogen and oxygen atoms in total. The molecule has 8 heteroatoms. The molecule has 3 rings (SSSR count). The van der Waals surface area contributed by atoms with Crippen LogP contribution in [-0.4, -0.2) is 69.0 Å². The molecule has 0 atom stereocenters. The Labute approximate surface area is 135 Å². The first kappa shape index (κ1) is 15.9. The Kier molecular flexibility index (Phi) is 4.11. The molecular formula is C15H19N3O4S. The van der Waals surface area contributed by atoms with Crippen LogP contribution in [0.1, 0.15) is 16.8 Å². The minimum atomic E-state index is -3.57. The Balaban J connectivity index is 1.77. The summed E-state index contributed by atoms with van der Waals surface area (Å²) in [5.41, 5.74) is 0.796. The Morgan fingerprint density at radius 1 is 1.04 bits per heavy atom. The average Bonchev–Trinajstić information content (AvgIpc) is 2.81. The smallest absolute Gasteiger partial charge is 0.253 e. The van der Waals surface area contributed by atoms with Crippen molar-refractivity contribution in [3.05, 3.63) is 29.8 Å². The molecule has 0 aliphatic carbocycles. The third-order valence-electron chi connectivity index (χ3n) is 4.22. The van der Waals surface area contributed by atoms with Gasteiger partial charge in [-0.1, -0.05) is 0 Å².